The van der Waals surface area contributed by atoms with Gasteiger partial charge in [-0.1, -0.05) is 13.0 Å². The molecule has 1 aromatic heterocycles. The van der Waals surface area contributed by atoms with Gasteiger partial charge in [-0.15, -0.1) is 0 Å². The maximum atomic E-state index is 13.3. The number of carbonyl (C=O) groups is 4. The number of hydrogen-bond acceptors (Lipinski definition) is 9. The summed E-state index contributed by atoms with van der Waals surface area (Å²) in [5, 5.41) is 15.0. The minimum Gasteiger partial charge on any atom is -0.369 e. The molecule has 43 heavy (non-hydrogen) atoms. The topological polar surface area (TPSA) is 183 Å². The number of nitrogens with zero attached hydrogens (tertiary/aromatic N) is 3. The molecular weight excluding hydrogens is 550 g/mol. The van der Waals surface area contributed by atoms with Crippen molar-refractivity contribution in [2.24, 2.45) is 5.73 Å². The zero-order chi connectivity index (χ0) is 31.4. The molecule has 0 saturated heterocycles. The van der Waals surface area contributed by atoms with Crippen molar-refractivity contribution in [1.29, 1.82) is 0 Å². The number of rotatable bonds is 14. The van der Waals surface area contributed by atoms with E-state index in [9.17, 15) is 19.2 Å². The van der Waals surface area contributed by atoms with Crippen molar-refractivity contribution in [2.45, 2.75) is 57.5 Å². The first-order valence-corrected chi connectivity index (χ1v) is 14.5. The number of likely N-dealkylation sites (N-methyl/N-ethyl adjacent to an activating group) is 2. The lowest BCUT2D eigenvalue weighted by Crippen LogP contribution is -2.46. The Morgan fingerprint density at radius 1 is 1.07 bits per heavy atom. The number of nitrogens with two attached hydrogens (primary N) is 1. The summed E-state index contributed by atoms with van der Waals surface area (Å²) in [5.74, 6) is -0.629. The Morgan fingerprint density at radius 3 is 2.40 bits per heavy atom. The quantitative estimate of drug-likeness (QED) is 0.178. The summed E-state index contributed by atoms with van der Waals surface area (Å²) in [6, 6.07) is 6.33. The van der Waals surface area contributed by atoms with E-state index in [1.54, 1.807) is 37.4 Å². The molecule has 2 atom stereocenters. The molecule has 1 aromatic carbocycles. The molecule has 1 aliphatic rings. The van der Waals surface area contributed by atoms with Gasteiger partial charge in [0, 0.05) is 55.2 Å². The lowest BCUT2D eigenvalue weighted by Gasteiger charge is -2.30. The second-order valence-electron chi connectivity index (χ2n) is 10.8. The molecule has 1 aliphatic carbocycles. The fraction of sp³-hybridized carbons (Fsp3) is 0.467. The van der Waals surface area contributed by atoms with Crippen molar-refractivity contribution in [1.82, 2.24) is 30.8 Å². The van der Waals surface area contributed by atoms with Crippen LogP contribution in [0.4, 0.5) is 17.5 Å². The highest BCUT2D eigenvalue weighted by atomic mass is 16.2. The number of anilines is 3. The van der Waals surface area contributed by atoms with Gasteiger partial charge in [0.05, 0.1) is 6.42 Å². The molecular formula is C30H43N9O4. The van der Waals surface area contributed by atoms with E-state index in [1.807, 2.05) is 25.9 Å². The largest absolute Gasteiger partial charge is 0.369 e. The van der Waals surface area contributed by atoms with Gasteiger partial charge in [0.1, 0.15) is 11.4 Å². The zero-order valence-corrected chi connectivity index (χ0v) is 25.3. The molecule has 2 unspecified atom stereocenters. The molecule has 232 valence electrons. The summed E-state index contributed by atoms with van der Waals surface area (Å²) in [4.78, 5) is 60.5. The number of carbonyl (C=O) groups excluding carboxylic acids is 4. The van der Waals surface area contributed by atoms with Crippen LogP contribution in [0, 0.1) is 0 Å². The molecule has 13 heteroatoms. The number of benzene rings is 1. The van der Waals surface area contributed by atoms with Crippen molar-refractivity contribution in [3.05, 3.63) is 53.2 Å². The highest BCUT2D eigenvalue weighted by Crippen LogP contribution is 2.22. The fourth-order valence-corrected chi connectivity index (χ4v) is 4.70. The highest BCUT2D eigenvalue weighted by molar-refractivity contribution is 5.99. The summed E-state index contributed by atoms with van der Waals surface area (Å²) in [7, 11) is 5.33. The van der Waals surface area contributed by atoms with Gasteiger partial charge in [0.25, 0.3) is 5.91 Å². The SMILES string of the molecule is CCCNc1nc(Nc2ccc(C(N)=O)cc2)ncc1C(=O)NC1CCCC(NC(=O)C/C(=C\CN(C)C)C(=O)NC)C1. The Kier molecular flexibility index (Phi) is 12.4. The highest BCUT2D eigenvalue weighted by Gasteiger charge is 2.26. The monoisotopic (exact) mass is 593 g/mol. The third-order valence-electron chi connectivity index (χ3n) is 6.95. The molecule has 4 amide bonds. The van der Waals surface area contributed by atoms with E-state index in [2.05, 4.69) is 36.6 Å². The standard InChI is InChI=1S/C30H43N9O4/c1-5-14-33-27-24(18-34-30(38-27)37-21-11-9-19(10-12-21)26(31)41)29(43)36-23-8-6-7-22(17-23)35-25(40)16-20(28(42)32-2)13-15-39(3)4/h9-13,18,22-23H,5-8,14-17H2,1-4H3,(H2,31,41)(H,32,42)(H,35,40)(H,36,43)(H2,33,34,37,38)/b20-13+. The van der Waals surface area contributed by atoms with E-state index in [0.717, 1.165) is 25.7 Å². The maximum Gasteiger partial charge on any atom is 0.256 e. The maximum absolute atomic E-state index is 13.3. The van der Waals surface area contributed by atoms with Crippen LogP contribution in [-0.4, -0.2) is 84.8 Å². The first-order chi connectivity index (χ1) is 20.6. The normalized spacial score (nSPS) is 16.7. The second kappa shape index (κ2) is 16.2. The Labute approximate surface area is 252 Å². The summed E-state index contributed by atoms with van der Waals surface area (Å²) in [5.41, 5.74) is 7.09. The summed E-state index contributed by atoms with van der Waals surface area (Å²) >= 11 is 0. The van der Waals surface area contributed by atoms with E-state index < -0.39 is 5.91 Å². The number of aromatic nitrogens is 2. The minimum absolute atomic E-state index is 0.0134. The first-order valence-electron chi connectivity index (χ1n) is 14.5. The van der Waals surface area contributed by atoms with Crippen LogP contribution in [0.3, 0.4) is 0 Å². The van der Waals surface area contributed by atoms with Crippen LogP contribution in [0.25, 0.3) is 0 Å². The van der Waals surface area contributed by atoms with Crippen LogP contribution in [0.15, 0.2) is 42.1 Å². The van der Waals surface area contributed by atoms with Crippen LogP contribution in [0.1, 0.15) is 66.2 Å². The van der Waals surface area contributed by atoms with Crippen LogP contribution in [0.5, 0.6) is 0 Å². The molecule has 2 aromatic rings. The molecule has 0 radical (unpaired) electrons. The molecule has 7 N–H and O–H groups in total. The van der Waals surface area contributed by atoms with Gasteiger partial charge in [-0.2, -0.15) is 4.98 Å². The Hall–Kier alpha value is -4.52. The van der Waals surface area contributed by atoms with Crippen molar-refractivity contribution in [2.75, 3.05) is 44.9 Å². The lowest BCUT2D eigenvalue weighted by molar-refractivity contribution is -0.123. The lowest BCUT2D eigenvalue weighted by atomic mass is 9.90. The zero-order valence-electron chi connectivity index (χ0n) is 25.3. The van der Waals surface area contributed by atoms with Crippen LogP contribution >= 0.6 is 0 Å². The van der Waals surface area contributed by atoms with Crippen molar-refractivity contribution in [3.8, 4) is 0 Å². The van der Waals surface area contributed by atoms with Gasteiger partial charge in [0.15, 0.2) is 0 Å². The predicted molar refractivity (Wildman–Crippen MR) is 166 cm³/mol. The van der Waals surface area contributed by atoms with Crippen molar-refractivity contribution >= 4 is 41.1 Å². The Morgan fingerprint density at radius 2 is 1.77 bits per heavy atom. The van der Waals surface area contributed by atoms with Gasteiger partial charge in [-0.05, 0) is 70.5 Å². The van der Waals surface area contributed by atoms with Gasteiger partial charge >= 0.3 is 0 Å². The molecule has 13 nitrogen and oxygen atoms in total. The molecule has 1 fully saturated rings. The second-order valence-corrected chi connectivity index (χ2v) is 10.8. The Balaban J connectivity index is 1.63. The average Bonchev–Trinajstić information content (AvgIpc) is 2.98. The number of primary amides is 1. The van der Waals surface area contributed by atoms with E-state index >= 15 is 0 Å². The van der Waals surface area contributed by atoms with Crippen molar-refractivity contribution in [3.63, 3.8) is 0 Å². The van der Waals surface area contributed by atoms with E-state index in [4.69, 9.17) is 5.73 Å². The van der Waals surface area contributed by atoms with Gasteiger partial charge in [-0.25, -0.2) is 4.98 Å². The van der Waals surface area contributed by atoms with Gasteiger partial charge in [-0.3, -0.25) is 19.2 Å². The average molecular weight is 594 g/mol. The number of hydrogen-bond donors (Lipinski definition) is 6. The number of nitrogens with one attached hydrogen (secondary N) is 5. The molecule has 1 heterocycles. The molecule has 0 bridgehead atoms. The van der Waals surface area contributed by atoms with Gasteiger partial charge in [0.2, 0.25) is 23.7 Å². The number of amides is 4. The van der Waals surface area contributed by atoms with E-state index in [-0.39, 0.29) is 42.2 Å². The third kappa shape index (κ3) is 10.4. The third-order valence-corrected chi connectivity index (χ3v) is 6.95. The predicted octanol–water partition coefficient (Wildman–Crippen LogP) is 1.92. The summed E-state index contributed by atoms with van der Waals surface area (Å²) < 4.78 is 0. The summed E-state index contributed by atoms with van der Waals surface area (Å²) in [6.45, 7) is 3.18. The molecule has 3 rings (SSSR count). The Bertz CT molecular complexity index is 1310. The summed E-state index contributed by atoms with van der Waals surface area (Å²) in [6.07, 6.45) is 7.04. The molecule has 0 spiro atoms. The van der Waals surface area contributed by atoms with Crippen LogP contribution in [0.2, 0.25) is 0 Å². The van der Waals surface area contributed by atoms with Crippen LogP contribution in [-0.2, 0) is 9.59 Å². The first kappa shape index (κ1) is 33.0. The minimum atomic E-state index is -0.515. The van der Waals surface area contributed by atoms with Gasteiger partial charge < -0.3 is 37.2 Å². The molecule has 0 aliphatic heterocycles. The van der Waals surface area contributed by atoms with E-state index in [0.29, 0.717) is 47.7 Å². The van der Waals surface area contributed by atoms with E-state index in [1.165, 1.54) is 6.20 Å². The van der Waals surface area contributed by atoms with Crippen molar-refractivity contribution < 1.29 is 19.2 Å². The van der Waals surface area contributed by atoms with Crippen LogP contribution < -0.4 is 32.3 Å². The smallest absolute Gasteiger partial charge is 0.256 e. The molecule has 1 saturated carbocycles. The fourth-order valence-electron chi connectivity index (χ4n) is 4.70.